The summed E-state index contributed by atoms with van der Waals surface area (Å²) in [5.74, 6) is 0.409. The van der Waals surface area contributed by atoms with Crippen LogP contribution in [0.4, 0.5) is 10.5 Å². The van der Waals surface area contributed by atoms with Crippen molar-refractivity contribution >= 4 is 17.8 Å². The summed E-state index contributed by atoms with van der Waals surface area (Å²) >= 11 is 0. The van der Waals surface area contributed by atoms with Crippen LogP contribution < -0.4 is 5.32 Å². The largest absolute Gasteiger partial charge is 0.322 e. The van der Waals surface area contributed by atoms with Crippen LogP contribution in [-0.2, 0) is 0 Å². The highest BCUT2D eigenvalue weighted by Crippen LogP contribution is 2.15. The zero-order chi connectivity index (χ0) is 18.2. The van der Waals surface area contributed by atoms with Crippen LogP contribution in [0.15, 0.2) is 60.2 Å². The van der Waals surface area contributed by atoms with Crippen LogP contribution in [0.1, 0.15) is 31.9 Å². The highest BCUT2D eigenvalue weighted by Gasteiger charge is 2.16. The van der Waals surface area contributed by atoms with Crippen LogP contribution in [-0.4, -0.2) is 24.0 Å². The van der Waals surface area contributed by atoms with E-state index in [0.29, 0.717) is 12.5 Å². The zero-order valence-electron chi connectivity index (χ0n) is 15.6. The van der Waals surface area contributed by atoms with Crippen molar-refractivity contribution in [2.24, 2.45) is 5.92 Å². The Morgan fingerprint density at radius 3 is 2.36 bits per heavy atom. The molecule has 0 fully saturated rings. The predicted octanol–water partition coefficient (Wildman–Crippen LogP) is 5.59. The van der Waals surface area contributed by atoms with E-state index < -0.39 is 0 Å². The van der Waals surface area contributed by atoms with Crippen molar-refractivity contribution < 1.29 is 4.79 Å². The van der Waals surface area contributed by atoms with Crippen molar-refractivity contribution in [3.8, 4) is 0 Å². The Hall–Kier alpha value is -2.55. The monoisotopic (exact) mass is 336 g/mol. The summed E-state index contributed by atoms with van der Waals surface area (Å²) < 4.78 is 0. The fraction of sp³-hybridized carbons (Fsp3) is 0.318. The second-order valence-electron chi connectivity index (χ2n) is 6.92. The number of anilines is 1. The van der Waals surface area contributed by atoms with Crippen molar-refractivity contribution in [2.75, 3.05) is 18.4 Å². The van der Waals surface area contributed by atoms with Gasteiger partial charge in [0.05, 0.1) is 0 Å². The standard InChI is InChI=1S/C22H28N2O/c1-17(2)15-24(16-18(3)14-20-11-6-5-7-12-20)22(25)23-21-13-9-8-10-19(21)4/h5-14,17H,15-16H2,1-4H3,(H,23,25)/b18-14+. The Kier molecular flexibility index (Phi) is 6.81. The van der Waals surface area contributed by atoms with Crippen LogP contribution in [0.3, 0.4) is 0 Å². The number of benzene rings is 2. The Balaban J connectivity index is 2.11. The smallest absolute Gasteiger partial charge is 0.320 e. The fourth-order valence-corrected chi connectivity index (χ4v) is 2.75. The maximum atomic E-state index is 12.8. The molecule has 0 aliphatic rings. The number of hydrogen-bond acceptors (Lipinski definition) is 1. The number of para-hydroxylation sites is 1. The topological polar surface area (TPSA) is 32.3 Å². The molecule has 2 aromatic carbocycles. The summed E-state index contributed by atoms with van der Waals surface area (Å²) in [4.78, 5) is 14.7. The number of urea groups is 1. The normalized spacial score (nSPS) is 11.5. The van der Waals surface area contributed by atoms with Gasteiger partial charge in [-0.3, -0.25) is 0 Å². The Bertz CT molecular complexity index is 720. The maximum absolute atomic E-state index is 12.8. The van der Waals surface area contributed by atoms with E-state index in [1.807, 2.05) is 54.3 Å². The SMILES string of the molecule is C/C(=C\c1ccccc1)CN(CC(C)C)C(=O)Nc1ccccc1C. The lowest BCUT2D eigenvalue weighted by molar-refractivity contribution is 0.209. The molecule has 2 aromatic rings. The molecule has 25 heavy (non-hydrogen) atoms. The molecule has 132 valence electrons. The predicted molar refractivity (Wildman–Crippen MR) is 107 cm³/mol. The molecule has 0 unspecified atom stereocenters. The number of nitrogens with zero attached hydrogens (tertiary/aromatic N) is 1. The van der Waals surface area contributed by atoms with E-state index in [4.69, 9.17) is 0 Å². The van der Waals surface area contributed by atoms with E-state index in [-0.39, 0.29) is 6.03 Å². The first-order valence-corrected chi connectivity index (χ1v) is 8.79. The zero-order valence-corrected chi connectivity index (χ0v) is 15.6. The lowest BCUT2D eigenvalue weighted by Crippen LogP contribution is -2.38. The summed E-state index contributed by atoms with van der Waals surface area (Å²) in [7, 11) is 0. The average molecular weight is 336 g/mol. The minimum absolute atomic E-state index is 0.0520. The van der Waals surface area contributed by atoms with Crippen LogP contribution in [0.25, 0.3) is 6.08 Å². The number of hydrogen-bond donors (Lipinski definition) is 1. The van der Waals surface area contributed by atoms with Gasteiger partial charge in [0, 0.05) is 18.8 Å². The minimum Gasteiger partial charge on any atom is -0.320 e. The fourth-order valence-electron chi connectivity index (χ4n) is 2.75. The van der Waals surface area contributed by atoms with Crippen molar-refractivity contribution in [1.29, 1.82) is 0 Å². The molecule has 2 amide bonds. The first-order chi connectivity index (χ1) is 12.0. The van der Waals surface area contributed by atoms with E-state index in [9.17, 15) is 4.79 Å². The Morgan fingerprint density at radius 2 is 1.72 bits per heavy atom. The molecule has 0 bridgehead atoms. The van der Waals surface area contributed by atoms with Gasteiger partial charge in [-0.05, 0) is 37.0 Å². The lowest BCUT2D eigenvalue weighted by Gasteiger charge is -2.26. The van der Waals surface area contributed by atoms with Gasteiger partial charge in [-0.15, -0.1) is 0 Å². The molecule has 0 radical (unpaired) electrons. The molecule has 0 saturated carbocycles. The molecule has 3 heteroatoms. The van der Waals surface area contributed by atoms with Crippen LogP contribution >= 0.6 is 0 Å². The molecule has 0 aromatic heterocycles. The first kappa shape index (κ1) is 18.8. The van der Waals surface area contributed by atoms with Gasteiger partial charge in [0.25, 0.3) is 0 Å². The van der Waals surface area contributed by atoms with E-state index in [1.165, 1.54) is 0 Å². The van der Waals surface area contributed by atoms with Gasteiger partial charge >= 0.3 is 6.03 Å². The van der Waals surface area contributed by atoms with E-state index >= 15 is 0 Å². The molecule has 0 heterocycles. The Labute approximate surface area is 151 Å². The minimum atomic E-state index is -0.0520. The van der Waals surface area contributed by atoms with Gasteiger partial charge in [0.15, 0.2) is 0 Å². The van der Waals surface area contributed by atoms with Gasteiger partial charge in [0.1, 0.15) is 0 Å². The summed E-state index contributed by atoms with van der Waals surface area (Å²) in [6, 6.07) is 18.0. The molecule has 2 rings (SSSR count). The molecule has 1 N–H and O–H groups in total. The second-order valence-corrected chi connectivity index (χ2v) is 6.92. The van der Waals surface area contributed by atoms with Gasteiger partial charge in [-0.25, -0.2) is 4.79 Å². The Morgan fingerprint density at radius 1 is 1.08 bits per heavy atom. The van der Waals surface area contributed by atoms with Crippen LogP contribution in [0.5, 0.6) is 0 Å². The number of carbonyl (C=O) groups is 1. The number of rotatable bonds is 6. The molecule has 0 aliphatic heterocycles. The molecule has 0 atom stereocenters. The molecule has 0 spiro atoms. The first-order valence-electron chi connectivity index (χ1n) is 8.79. The summed E-state index contributed by atoms with van der Waals surface area (Å²) in [6.45, 7) is 9.67. The number of nitrogens with one attached hydrogen (secondary N) is 1. The third kappa shape index (κ3) is 6.11. The number of aryl methyl sites for hydroxylation is 1. The van der Waals surface area contributed by atoms with Crippen molar-refractivity contribution in [3.63, 3.8) is 0 Å². The molecule has 3 nitrogen and oxygen atoms in total. The van der Waals surface area contributed by atoms with E-state index in [1.54, 1.807) is 0 Å². The summed E-state index contributed by atoms with van der Waals surface area (Å²) in [5, 5.41) is 3.04. The molecule has 0 saturated heterocycles. The number of amides is 2. The van der Waals surface area contributed by atoms with E-state index in [2.05, 4.69) is 44.3 Å². The quantitative estimate of drug-likeness (QED) is 0.733. The van der Waals surface area contributed by atoms with Crippen molar-refractivity contribution in [2.45, 2.75) is 27.7 Å². The van der Waals surface area contributed by atoms with Gasteiger partial charge in [-0.1, -0.05) is 74.0 Å². The number of carbonyl (C=O) groups excluding carboxylic acids is 1. The maximum Gasteiger partial charge on any atom is 0.322 e. The highest BCUT2D eigenvalue weighted by molar-refractivity contribution is 5.90. The summed E-state index contributed by atoms with van der Waals surface area (Å²) in [6.07, 6.45) is 2.13. The highest BCUT2D eigenvalue weighted by atomic mass is 16.2. The third-order valence-electron chi connectivity index (χ3n) is 3.91. The third-order valence-corrected chi connectivity index (χ3v) is 3.91. The second kappa shape index (κ2) is 9.07. The van der Waals surface area contributed by atoms with Crippen molar-refractivity contribution in [1.82, 2.24) is 4.90 Å². The van der Waals surface area contributed by atoms with Crippen molar-refractivity contribution in [3.05, 3.63) is 71.3 Å². The summed E-state index contributed by atoms with van der Waals surface area (Å²) in [5.41, 5.74) is 4.25. The van der Waals surface area contributed by atoms with E-state index in [0.717, 1.165) is 28.9 Å². The van der Waals surface area contributed by atoms with Crippen LogP contribution in [0.2, 0.25) is 0 Å². The average Bonchev–Trinajstić information content (AvgIpc) is 2.56. The van der Waals surface area contributed by atoms with Gasteiger partial charge in [-0.2, -0.15) is 0 Å². The van der Waals surface area contributed by atoms with Crippen LogP contribution in [0, 0.1) is 12.8 Å². The molecule has 0 aliphatic carbocycles. The lowest BCUT2D eigenvalue weighted by atomic mass is 10.1. The van der Waals surface area contributed by atoms with Gasteiger partial charge in [0.2, 0.25) is 0 Å². The van der Waals surface area contributed by atoms with Gasteiger partial charge < -0.3 is 10.2 Å². The molecular formula is C22H28N2O. The molecular weight excluding hydrogens is 308 g/mol.